The fourth-order valence-corrected chi connectivity index (χ4v) is 2.36. The van der Waals surface area contributed by atoms with Gasteiger partial charge in [-0.25, -0.2) is 0 Å². The summed E-state index contributed by atoms with van der Waals surface area (Å²) in [7, 11) is 0. The summed E-state index contributed by atoms with van der Waals surface area (Å²) in [5, 5.41) is 0. The lowest BCUT2D eigenvalue weighted by Crippen LogP contribution is -2.03. The maximum Gasteiger partial charge on any atom is -0.0122 e. The third-order valence-electron chi connectivity index (χ3n) is 3.13. The molecule has 1 atom stereocenters. The van der Waals surface area contributed by atoms with Gasteiger partial charge >= 0.3 is 0 Å². The van der Waals surface area contributed by atoms with Crippen LogP contribution < -0.4 is 0 Å². The van der Waals surface area contributed by atoms with Crippen molar-refractivity contribution in [1.82, 2.24) is 0 Å². The Kier molecular flexibility index (Phi) is 2.72. The second-order valence-corrected chi connectivity index (χ2v) is 4.34. The molecule has 0 amide bonds. The summed E-state index contributed by atoms with van der Waals surface area (Å²) >= 11 is 0. The normalized spacial score (nSPS) is 21.1. The Hall–Kier alpha value is -1.04. The molecular formula is C14H18. The number of rotatable bonds is 1. The van der Waals surface area contributed by atoms with Gasteiger partial charge in [0, 0.05) is 0 Å². The van der Waals surface area contributed by atoms with E-state index in [1.165, 1.54) is 30.4 Å². The van der Waals surface area contributed by atoms with Gasteiger partial charge in [0.25, 0.3) is 0 Å². The van der Waals surface area contributed by atoms with E-state index in [9.17, 15) is 0 Å². The Bertz CT molecular complexity index is 347. The second kappa shape index (κ2) is 4.00. The zero-order chi connectivity index (χ0) is 9.97. The predicted molar refractivity (Wildman–Crippen MR) is 61.6 cm³/mol. The summed E-state index contributed by atoms with van der Waals surface area (Å²) in [5.41, 5.74) is 4.39. The third kappa shape index (κ3) is 1.89. The Labute approximate surface area is 86.7 Å². The monoisotopic (exact) mass is 186 g/mol. The Morgan fingerprint density at radius 3 is 2.64 bits per heavy atom. The second-order valence-electron chi connectivity index (χ2n) is 4.34. The average molecular weight is 186 g/mol. The Morgan fingerprint density at radius 1 is 1.14 bits per heavy atom. The van der Waals surface area contributed by atoms with Gasteiger partial charge in [0.05, 0.1) is 0 Å². The summed E-state index contributed by atoms with van der Waals surface area (Å²) in [5.74, 6) is 0.764. The minimum Gasteiger partial charge on any atom is -0.0885 e. The molecule has 0 N–H and O–H groups in total. The van der Waals surface area contributed by atoms with Gasteiger partial charge in [-0.1, -0.05) is 35.9 Å². The van der Waals surface area contributed by atoms with Gasteiger partial charge in [-0.3, -0.25) is 0 Å². The lowest BCUT2D eigenvalue weighted by Gasteiger charge is -2.20. The molecule has 1 unspecified atom stereocenters. The minimum atomic E-state index is 0.764. The quantitative estimate of drug-likeness (QED) is 0.578. The van der Waals surface area contributed by atoms with Crippen LogP contribution in [0.5, 0.6) is 0 Å². The van der Waals surface area contributed by atoms with Crippen molar-refractivity contribution in [2.24, 2.45) is 0 Å². The molecule has 1 aliphatic rings. The van der Waals surface area contributed by atoms with Crippen molar-refractivity contribution in [2.45, 2.75) is 39.0 Å². The first-order valence-corrected chi connectivity index (χ1v) is 5.49. The van der Waals surface area contributed by atoms with Crippen LogP contribution in [0.25, 0.3) is 0 Å². The zero-order valence-corrected chi connectivity index (χ0v) is 9.09. The van der Waals surface area contributed by atoms with E-state index in [2.05, 4.69) is 44.2 Å². The fourth-order valence-electron chi connectivity index (χ4n) is 2.36. The first kappa shape index (κ1) is 9.51. The highest BCUT2D eigenvalue weighted by molar-refractivity contribution is 5.33. The number of aryl methyl sites for hydroxylation is 2. The molecule has 0 saturated heterocycles. The lowest BCUT2D eigenvalue weighted by atomic mass is 9.85. The highest BCUT2D eigenvalue weighted by atomic mass is 14.2. The molecule has 0 radical (unpaired) electrons. The van der Waals surface area contributed by atoms with E-state index in [-0.39, 0.29) is 0 Å². The van der Waals surface area contributed by atoms with Crippen LogP contribution in [-0.4, -0.2) is 0 Å². The summed E-state index contributed by atoms with van der Waals surface area (Å²) < 4.78 is 0. The van der Waals surface area contributed by atoms with Gasteiger partial charge in [0.15, 0.2) is 0 Å². The third-order valence-corrected chi connectivity index (χ3v) is 3.13. The molecule has 0 heterocycles. The van der Waals surface area contributed by atoms with E-state index in [1.54, 1.807) is 5.56 Å². The first-order valence-electron chi connectivity index (χ1n) is 5.49. The topological polar surface area (TPSA) is 0 Å². The maximum absolute atomic E-state index is 2.33. The van der Waals surface area contributed by atoms with E-state index in [4.69, 9.17) is 0 Å². The molecule has 1 aromatic rings. The van der Waals surface area contributed by atoms with Gasteiger partial charge in [-0.15, -0.1) is 0 Å². The fraction of sp³-hybridized carbons (Fsp3) is 0.429. The van der Waals surface area contributed by atoms with E-state index in [1.807, 2.05) is 0 Å². The zero-order valence-electron chi connectivity index (χ0n) is 9.09. The smallest absolute Gasteiger partial charge is 0.0122 e. The van der Waals surface area contributed by atoms with E-state index >= 15 is 0 Å². The van der Waals surface area contributed by atoms with Gasteiger partial charge in [-0.05, 0) is 50.2 Å². The summed E-state index contributed by atoms with van der Waals surface area (Å²) in [6.45, 7) is 4.40. The van der Waals surface area contributed by atoms with Gasteiger partial charge in [-0.2, -0.15) is 0 Å². The van der Waals surface area contributed by atoms with Crippen molar-refractivity contribution in [3.05, 3.63) is 47.0 Å². The molecule has 0 bridgehead atoms. The molecule has 1 aromatic carbocycles. The van der Waals surface area contributed by atoms with Crippen molar-refractivity contribution in [2.75, 3.05) is 0 Å². The molecule has 0 aromatic heterocycles. The largest absolute Gasteiger partial charge is 0.0885 e. The Morgan fingerprint density at radius 2 is 2.00 bits per heavy atom. The summed E-state index contributed by atoms with van der Waals surface area (Å²) in [6, 6.07) is 6.85. The van der Waals surface area contributed by atoms with E-state index in [0.29, 0.717) is 0 Å². The molecule has 74 valence electrons. The van der Waals surface area contributed by atoms with Crippen LogP contribution in [0.4, 0.5) is 0 Å². The molecule has 0 fully saturated rings. The van der Waals surface area contributed by atoms with Crippen LogP contribution in [0, 0.1) is 13.8 Å². The molecule has 0 saturated carbocycles. The van der Waals surface area contributed by atoms with Crippen LogP contribution in [0.1, 0.15) is 41.9 Å². The lowest BCUT2D eigenvalue weighted by molar-refractivity contribution is 0.614. The predicted octanol–water partition coefficient (Wildman–Crippen LogP) is 4.13. The van der Waals surface area contributed by atoms with Crippen molar-refractivity contribution in [3.63, 3.8) is 0 Å². The molecule has 1 aliphatic carbocycles. The molecule has 0 spiro atoms. The van der Waals surface area contributed by atoms with Crippen LogP contribution in [0.2, 0.25) is 0 Å². The summed E-state index contributed by atoms with van der Waals surface area (Å²) in [4.78, 5) is 0. The van der Waals surface area contributed by atoms with Crippen LogP contribution in [-0.2, 0) is 0 Å². The highest BCUT2D eigenvalue weighted by Crippen LogP contribution is 2.31. The number of hydrogen-bond donors (Lipinski definition) is 0. The average Bonchev–Trinajstić information content (AvgIpc) is 2.19. The number of benzene rings is 1. The van der Waals surface area contributed by atoms with Crippen molar-refractivity contribution >= 4 is 0 Å². The van der Waals surface area contributed by atoms with E-state index in [0.717, 1.165) is 5.92 Å². The maximum atomic E-state index is 2.33. The minimum absolute atomic E-state index is 0.764. The van der Waals surface area contributed by atoms with Crippen LogP contribution >= 0.6 is 0 Å². The molecule has 0 aliphatic heterocycles. The molecular weight excluding hydrogens is 168 g/mol. The standard InChI is InChI=1S/C14H18/c1-11-8-9-14(12(2)10-11)13-6-4-3-5-7-13/h3-4,8-10,13H,5-7H2,1-2H3. The van der Waals surface area contributed by atoms with Gasteiger partial charge in [0.2, 0.25) is 0 Å². The SMILES string of the molecule is Cc1ccc(C2CC=CCC2)c(C)c1. The first-order chi connectivity index (χ1) is 6.77. The highest BCUT2D eigenvalue weighted by Gasteiger charge is 2.13. The summed E-state index contributed by atoms with van der Waals surface area (Å²) in [6.07, 6.45) is 8.43. The van der Waals surface area contributed by atoms with Crippen molar-refractivity contribution in [1.29, 1.82) is 0 Å². The van der Waals surface area contributed by atoms with Crippen molar-refractivity contribution in [3.8, 4) is 0 Å². The number of hydrogen-bond acceptors (Lipinski definition) is 0. The molecule has 14 heavy (non-hydrogen) atoms. The Balaban J connectivity index is 2.27. The van der Waals surface area contributed by atoms with Crippen molar-refractivity contribution < 1.29 is 0 Å². The van der Waals surface area contributed by atoms with Crippen LogP contribution in [0.3, 0.4) is 0 Å². The number of allylic oxidation sites excluding steroid dienone is 2. The van der Waals surface area contributed by atoms with Gasteiger partial charge < -0.3 is 0 Å². The van der Waals surface area contributed by atoms with E-state index < -0.39 is 0 Å². The molecule has 0 heteroatoms. The van der Waals surface area contributed by atoms with Gasteiger partial charge in [0.1, 0.15) is 0 Å². The molecule has 0 nitrogen and oxygen atoms in total. The molecule has 2 rings (SSSR count). The van der Waals surface area contributed by atoms with Crippen LogP contribution in [0.15, 0.2) is 30.4 Å².